The molecule has 0 aromatic heterocycles. The molecule has 2 atom stereocenters. The zero-order valence-corrected chi connectivity index (χ0v) is 16.7. The summed E-state index contributed by atoms with van der Waals surface area (Å²) in [5.74, 6) is 0.413. The molecule has 0 aliphatic heterocycles. The molecule has 0 spiro atoms. The van der Waals surface area contributed by atoms with Crippen LogP contribution in [-0.4, -0.2) is 32.0 Å². The van der Waals surface area contributed by atoms with Gasteiger partial charge in [-0.1, -0.05) is 25.5 Å². The number of hydrogen-bond acceptors (Lipinski definition) is 4. The number of carbonyl (C=O) groups is 1. The molecule has 0 heterocycles. The Balaban J connectivity index is 0.00000254. The molecule has 24 heavy (non-hydrogen) atoms. The molecule has 0 aliphatic rings. The number of ether oxygens (including phenoxy) is 2. The van der Waals surface area contributed by atoms with Gasteiger partial charge >= 0.3 is 5.97 Å². The van der Waals surface area contributed by atoms with E-state index in [1.54, 1.807) is 24.3 Å². The fourth-order valence-electron chi connectivity index (χ4n) is 1.97. The van der Waals surface area contributed by atoms with Gasteiger partial charge in [-0.2, -0.15) is 0 Å². The quantitative estimate of drug-likeness (QED) is 0.263. The van der Waals surface area contributed by atoms with Crippen molar-refractivity contribution in [3.05, 3.63) is 41.5 Å². The number of benzene rings is 1. The SMILES string of the molecule is C/C=C(/CPOCC)CC(C)Oc1ccc(C(=O)OC)cc1.CC. The van der Waals surface area contributed by atoms with E-state index in [9.17, 15) is 4.79 Å². The summed E-state index contributed by atoms with van der Waals surface area (Å²) in [6.45, 7) is 10.9. The summed E-state index contributed by atoms with van der Waals surface area (Å²) in [6.07, 6.45) is 4.03. The number of carbonyl (C=O) groups excluding carboxylic acids is 1. The maximum atomic E-state index is 11.4. The molecule has 5 heteroatoms. The van der Waals surface area contributed by atoms with Crippen LogP contribution in [0.25, 0.3) is 0 Å². The molecule has 0 saturated carbocycles. The van der Waals surface area contributed by atoms with Crippen LogP contribution in [0.3, 0.4) is 0 Å². The lowest BCUT2D eigenvalue weighted by Crippen LogP contribution is -2.13. The Morgan fingerprint density at radius 2 is 1.88 bits per heavy atom. The van der Waals surface area contributed by atoms with E-state index in [2.05, 4.69) is 10.8 Å². The lowest BCUT2D eigenvalue weighted by Gasteiger charge is -2.17. The second-order valence-electron chi connectivity index (χ2n) is 4.85. The molecule has 0 N–H and O–H groups in total. The minimum atomic E-state index is -0.340. The minimum Gasteiger partial charge on any atom is -0.490 e. The third-order valence-corrected chi connectivity index (χ3v) is 4.21. The fourth-order valence-corrected chi connectivity index (χ4v) is 2.81. The number of hydrogen-bond donors (Lipinski definition) is 0. The summed E-state index contributed by atoms with van der Waals surface area (Å²) in [4.78, 5) is 11.4. The topological polar surface area (TPSA) is 44.8 Å². The molecular weight excluding hydrogens is 323 g/mol. The first-order valence-corrected chi connectivity index (χ1v) is 9.56. The van der Waals surface area contributed by atoms with Gasteiger partial charge in [-0.3, -0.25) is 0 Å². The van der Waals surface area contributed by atoms with E-state index in [0.717, 1.165) is 24.9 Å². The predicted octanol–water partition coefficient (Wildman–Crippen LogP) is 5.23. The standard InChI is InChI=1S/C17H25O4P.C2H6/c1-5-14(12-22-20-6-2)11-13(3)21-16-9-7-15(8-10-16)17(18)19-4;1-2/h5,7-10,13,22H,6,11-12H2,1-4H3;1-2H3/b14-5+;. The molecule has 4 nitrogen and oxygen atoms in total. The van der Waals surface area contributed by atoms with Gasteiger partial charge in [-0.15, -0.1) is 0 Å². The van der Waals surface area contributed by atoms with Gasteiger partial charge in [0.15, 0.2) is 0 Å². The second kappa shape index (κ2) is 14.0. The summed E-state index contributed by atoms with van der Waals surface area (Å²) in [6, 6.07) is 7.00. The van der Waals surface area contributed by atoms with Crippen molar-refractivity contribution in [3.63, 3.8) is 0 Å². The van der Waals surface area contributed by atoms with E-state index in [0.29, 0.717) is 14.4 Å². The maximum Gasteiger partial charge on any atom is 0.337 e. The molecule has 0 amide bonds. The van der Waals surface area contributed by atoms with Crippen molar-refractivity contribution >= 4 is 14.8 Å². The Morgan fingerprint density at radius 3 is 2.38 bits per heavy atom. The van der Waals surface area contributed by atoms with Crippen LogP contribution in [0.1, 0.15) is 51.4 Å². The molecule has 1 aromatic rings. The zero-order valence-electron chi connectivity index (χ0n) is 15.7. The molecule has 0 radical (unpaired) electrons. The molecule has 2 unspecified atom stereocenters. The summed E-state index contributed by atoms with van der Waals surface area (Å²) >= 11 is 0. The lowest BCUT2D eigenvalue weighted by molar-refractivity contribution is 0.0600. The van der Waals surface area contributed by atoms with Crippen LogP contribution in [0.2, 0.25) is 0 Å². The third-order valence-electron chi connectivity index (χ3n) is 3.12. The van der Waals surface area contributed by atoms with Crippen LogP contribution in [0, 0.1) is 0 Å². The molecule has 1 rings (SSSR count). The van der Waals surface area contributed by atoms with Crippen LogP contribution in [0.4, 0.5) is 0 Å². The Bertz CT molecular complexity index is 483. The highest BCUT2D eigenvalue weighted by atomic mass is 31.1. The summed E-state index contributed by atoms with van der Waals surface area (Å²) in [7, 11) is 1.88. The van der Waals surface area contributed by atoms with E-state index >= 15 is 0 Å². The highest BCUT2D eigenvalue weighted by Crippen LogP contribution is 2.22. The van der Waals surface area contributed by atoms with Crippen LogP contribution in [0.5, 0.6) is 5.75 Å². The predicted molar refractivity (Wildman–Crippen MR) is 102 cm³/mol. The molecule has 0 aliphatic carbocycles. The zero-order chi connectivity index (χ0) is 18.4. The van der Waals surface area contributed by atoms with Gasteiger partial charge in [0.2, 0.25) is 0 Å². The first kappa shape index (κ1) is 22.6. The summed E-state index contributed by atoms with van der Waals surface area (Å²) < 4.78 is 16.0. The van der Waals surface area contributed by atoms with Gasteiger partial charge in [0.05, 0.1) is 18.8 Å². The average molecular weight is 354 g/mol. The Kier molecular flexibility index (Phi) is 13.2. The number of methoxy groups -OCH3 is 1. The van der Waals surface area contributed by atoms with Crippen LogP contribution in [0.15, 0.2) is 35.9 Å². The van der Waals surface area contributed by atoms with Gasteiger partial charge in [0, 0.05) is 28.0 Å². The molecule has 0 bridgehead atoms. The Labute approximate surface area is 148 Å². The number of allylic oxidation sites excluding steroid dienone is 1. The van der Waals surface area contributed by atoms with Gasteiger partial charge in [-0.25, -0.2) is 4.79 Å². The van der Waals surface area contributed by atoms with Crippen molar-refractivity contribution in [2.24, 2.45) is 0 Å². The van der Waals surface area contributed by atoms with Crippen LogP contribution in [-0.2, 0) is 9.26 Å². The number of rotatable bonds is 9. The molecule has 1 aromatic carbocycles. The van der Waals surface area contributed by atoms with Crippen molar-refractivity contribution in [2.75, 3.05) is 19.9 Å². The largest absolute Gasteiger partial charge is 0.490 e. The van der Waals surface area contributed by atoms with Crippen molar-refractivity contribution in [1.82, 2.24) is 0 Å². The monoisotopic (exact) mass is 354 g/mol. The second-order valence-corrected chi connectivity index (χ2v) is 5.78. The molecule has 0 fully saturated rings. The molecular formula is C19H31O4P. The highest BCUT2D eigenvalue weighted by Gasteiger charge is 2.09. The lowest BCUT2D eigenvalue weighted by atomic mass is 10.1. The minimum absolute atomic E-state index is 0.0709. The summed E-state index contributed by atoms with van der Waals surface area (Å²) in [5.41, 5.74) is 1.86. The first-order chi connectivity index (χ1) is 11.6. The maximum absolute atomic E-state index is 11.4. The van der Waals surface area contributed by atoms with Gasteiger partial charge in [-0.05, 0) is 45.0 Å². The van der Waals surface area contributed by atoms with E-state index in [4.69, 9.17) is 9.26 Å². The average Bonchev–Trinajstić information content (AvgIpc) is 2.62. The van der Waals surface area contributed by atoms with Crippen molar-refractivity contribution < 1.29 is 18.8 Å². The normalized spacial score (nSPS) is 12.5. The van der Waals surface area contributed by atoms with Crippen molar-refractivity contribution in [1.29, 1.82) is 0 Å². The molecule has 0 saturated heterocycles. The van der Waals surface area contributed by atoms with E-state index in [1.165, 1.54) is 12.7 Å². The van der Waals surface area contributed by atoms with E-state index in [-0.39, 0.29) is 12.1 Å². The highest BCUT2D eigenvalue weighted by molar-refractivity contribution is 7.32. The van der Waals surface area contributed by atoms with E-state index in [1.807, 2.05) is 34.6 Å². The first-order valence-electron chi connectivity index (χ1n) is 8.44. The van der Waals surface area contributed by atoms with Crippen molar-refractivity contribution in [3.8, 4) is 5.75 Å². The Morgan fingerprint density at radius 1 is 1.25 bits per heavy atom. The third kappa shape index (κ3) is 9.05. The van der Waals surface area contributed by atoms with Crippen LogP contribution < -0.4 is 4.74 Å². The fraction of sp³-hybridized carbons (Fsp3) is 0.526. The summed E-state index contributed by atoms with van der Waals surface area (Å²) in [5, 5.41) is 0. The smallest absolute Gasteiger partial charge is 0.337 e. The van der Waals surface area contributed by atoms with Gasteiger partial charge in [0.25, 0.3) is 0 Å². The van der Waals surface area contributed by atoms with Gasteiger partial charge < -0.3 is 14.0 Å². The molecule has 136 valence electrons. The van der Waals surface area contributed by atoms with Crippen LogP contribution >= 0.6 is 8.81 Å². The van der Waals surface area contributed by atoms with E-state index < -0.39 is 0 Å². The Hall–Kier alpha value is -1.38. The number of esters is 1. The van der Waals surface area contributed by atoms with Gasteiger partial charge in [0.1, 0.15) is 5.75 Å². The van der Waals surface area contributed by atoms with Crippen molar-refractivity contribution in [2.45, 2.75) is 47.1 Å².